The van der Waals surface area contributed by atoms with E-state index >= 15 is 0 Å². The Hall–Kier alpha value is -1.85. The van der Waals surface area contributed by atoms with Crippen molar-refractivity contribution in [1.29, 1.82) is 0 Å². The minimum absolute atomic E-state index is 0.109. The molecule has 0 aromatic carbocycles. The van der Waals surface area contributed by atoms with Crippen LogP contribution in [0.25, 0.3) is 0 Å². The third-order valence-corrected chi connectivity index (χ3v) is 3.31. The van der Waals surface area contributed by atoms with Crippen LogP contribution in [0, 0.1) is 0 Å². The summed E-state index contributed by atoms with van der Waals surface area (Å²) in [7, 11) is 0. The third kappa shape index (κ3) is 8.44. The van der Waals surface area contributed by atoms with E-state index < -0.39 is 11.5 Å². The van der Waals surface area contributed by atoms with Crippen molar-refractivity contribution in [3.63, 3.8) is 0 Å². The van der Waals surface area contributed by atoms with E-state index in [-0.39, 0.29) is 18.4 Å². The molecular weight excluding hydrogens is 284 g/mol. The number of carbonyl (C=O) groups is 3. The molecule has 0 saturated heterocycles. The fourth-order valence-corrected chi connectivity index (χ4v) is 2.35. The molecule has 0 aliphatic rings. The first-order valence-electron chi connectivity index (χ1n) is 7.58. The van der Waals surface area contributed by atoms with Crippen molar-refractivity contribution in [3.05, 3.63) is 12.2 Å². The zero-order valence-electron chi connectivity index (χ0n) is 14.1. The van der Waals surface area contributed by atoms with Crippen LogP contribution in [0.2, 0.25) is 0 Å². The van der Waals surface area contributed by atoms with Crippen LogP contribution in [-0.2, 0) is 19.1 Å². The first-order chi connectivity index (χ1) is 10.2. The first kappa shape index (κ1) is 20.1. The molecule has 1 atom stereocenters. The summed E-state index contributed by atoms with van der Waals surface area (Å²) in [5.41, 5.74) is -0.142. The summed E-state index contributed by atoms with van der Waals surface area (Å²) in [6, 6.07) is 0. The fourth-order valence-electron chi connectivity index (χ4n) is 2.35. The lowest BCUT2D eigenvalue weighted by Gasteiger charge is -2.34. The fraction of sp³-hybridized carbons (Fsp3) is 0.688. The van der Waals surface area contributed by atoms with Gasteiger partial charge in [0.15, 0.2) is 0 Å². The molecular formula is C16H28N2O4. The smallest absolute Gasteiger partial charge is 0.333 e. The molecule has 0 saturated carbocycles. The SMILES string of the molecule is C=C(C)C(=O)OCCC(CCC)(CCNC(C)=O)NC(C)=O. The van der Waals surface area contributed by atoms with Crippen molar-refractivity contribution in [1.82, 2.24) is 10.6 Å². The van der Waals surface area contributed by atoms with Gasteiger partial charge in [-0.3, -0.25) is 9.59 Å². The predicted molar refractivity (Wildman–Crippen MR) is 85.1 cm³/mol. The quantitative estimate of drug-likeness (QED) is 0.475. The zero-order valence-corrected chi connectivity index (χ0v) is 14.1. The van der Waals surface area contributed by atoms with E-state index in [9.17, 15) is 14.4 Å². The number of esters is 1. The molecule has 0 aliphatic heterocycles. The van der Waals surface area contributed by atoms with Gasteiger partial charge in [0.1, 0.15) is 0 Å². The van der Waals surface area contributed by atoms with Crippen LogP contribution in [0.1, 0.15) is 53.4 Å². The molecule has 0 bridgehead atoms. The lowest BCUT2D eigenvalue weighted by Crippen LogP contribution is -2.50. The van der Waals surface area contributed by atoms with Gasteiger partial charge >= 0.3 is 5.97 Å². The highest BCUT2D eigenvalue weighted by Crippen LogP contribution is 2.22. The van der Waals surface area contributed by atoms with Crippen LogP contribution in [0.5, 0.6) is 0 Å². The number of nitrogens with one attached hydrogen (secondary N) is 2. The molecule has 1 unspecified atom stereocenters. The van der Waals surface area contributed by atoms with Crippen LogP contribution < -0.4 is 10.6 Å². The maximum absolute atomic E-state index is 11.5. The molecule has 22 heavy (non-hydrogen) atoms. The van der Waals surface area contributed by atoms with Gasteiger partial charge in [-0.05, 0) is 19.8 Å². The van der Waals surface area contributed by atoms with Crippen molar-refractivity contribution < 1.29 is 19.1 Å². The highest BCUT2D eigenvalue weighted by molar-refractivity contribution is 5.86. The van der Waals surface area contributed by atoms with Gasteiger partial charge in [0, 0.05) is 37.9 Å². The van der Waals surface area contributed by atoms with Crippen LogP contribution in [0.4, 0.5) is 0 Å². The molecule has 0 rings (SSSR count). The lowest BCUT2D eigenvalue weighted by atomic mass is 9.86. The number of amides is 2. The average Bonchev–Trinajstić information content (AvgIpc) is 2.37. The molecule has 0 fully saturated rings. The molecule has 0 heterocycles. The zero-order chi connectivity index (χ0) is 17.2. The first-order valence-corrected chi connectivity index (χ1v) is 7.58. The summed E-state index contributed by atoms with van der Waals surface area (Å²) >= 11 is 0. The number of rotatable bonds is 10. The van der Waals surface area contributed by atoms with E-state index in [0.717, 1.165) is 12.8 Å². The molecule has 0 radical (unpaired) electrons. The summed E-state index contributed by atoms with van der Waals surface area (Å²) in [5, 5.41) is 5.70. The van der Waals surface area contributed by atoms with E-state index in [4.69, 9.17) is 4.74 Å². The largest absolute Gasteiger partial charge is 0.462 e. The van der Waals surface area contributed by atoms with Crippen molar-refractivity contribution in [2.45, 2.75) is 58.9 Å². The van der Waals surface area contributed by atoms with E-state index in [0.29, 0.717) is 25.0 Å². The van der Waals surface area contributed by atoms with E-state index in [2.05, 4.69) is 17.2 Å². The van der Waals surface area contributed by atoms with Gasteiger partial charge in [-0.25, -0.2) is 4.79 Å². The van der Waals surface area contributed by atoms with Crippen LogP contribution in [0.15, 0.2) is 12.2 Å². The van der Waals surface area contributed by atoms with Gasteiger partial charge in [0.05, 0.1) is 6.61 Å². The molecule has 2 N–H and O–H groups in total. The second-order valence-corrected chi connectivity index (χ2v) is 5.61. The van der Waals surface area contributed by atoms with E-state index in [1.165, 1.54) is 13.8 Å². The molecule has 126 valence electrons. The Labute approximate surface area is 132 Å². The minimum Gasteiger partial charge on any atom is -0.462 e. The van der Waals surface area contributed by atoms with Gasteiger partial charge in [-0.1, -0.05) is 19.9 Å². The van der Waals surface area contributed by atoms with E-state index in [1.54, 1.807) is 6.92 Å². The maximum atomic E-state index is 11.5. The lowest BCUT2D eigenvalue weighted by molar-refractivity contribution is -0.139. The van der Waals surface area contributed by atoms with Crippen LogP contribution in [0.3, 0.4) is 0 Å². The van der Waals surface area contributed by atoms with Crippen molar-refractivity contribution in [2.24, 2.45) is 0 Å². The minimum atomic E-state index is -0.488. The molecule has 0 aromatic rings. The predicted octanol–water partition coefficient (Wildman–Crippen LogP) is 1.70. The Morgan fingerprint density at radius 1 is 1.05 bits per heavy atom. The highest BCUT2D eigenvalue weighted by Gasteiger charge is 2.30. The van der Waals surface area contributed by atoms with Gasteiger partial charge in [0.25, 0.3) is 0 Å². The number of hydrogen-bond acceptors (Lipinski definition) is 4. The average molecular weight is 312 g/mol. The Kier molecular flexibility index (Phi) is 9.13. The maximum Gasteiger partial charge on any atom is 0.333 e. The monoisotopic (exact) mass is 312 g/mol. The second-order valence-electron chi connectivity index (χ2n) is 5.61. The normalized spacial score (nSPS) is 12.9. The van der Waals surface area contributed by atoms with E-state index in [1.807, 2.05) is 6.92 Å². The van der Waals surface area contributed by atoms with Gasteiger partial charge in [-0.2, -0.15) is 0 Å². The Morgan fingerprint density at radius 3 is 2.14 bits per heavy atom. The Bertz CT molecular complexity index is 420. The summed E-state index contributed by atoms with van der Waals surface area (Å²) < 4.78 is 5.14. The number of hydrogen-bond donors (Lipinski definition) is 2. The standard InChI is InChI=1S/C16H28N2O4/c1-6-7-16(18-14(5)20,8-10-17-13(4)19)9-11-22-15(21)12(2)3/h2,6-11H2,1,3-5H3,(H,17,19)(H,18,20). The van der Waals surface area contributed by atoms with Gasteiger partial charge < -0.3 is 15.4 Å². The van der Waals surface area contributed by atoms with Crippen LogP contribution >= 0.6 is 0 Å². The summed E-state index contributed by atoms with van der Waals surface area (Å²) in [5.74, 6) is -0.681. The summed E-state index contributed by atoms with van der Waals surface area (Å²) in [6.45, 7) is 10.7. The molecule has 0 spiro atoms. The summed E-state index contributed by atoms with van der Waals surface area (Å²) in [6.07, 6.45) is 2.70. The van der Waals surface area contributed by atoms with Gasteiger partial charge in [0.2, 0.25) is 11.8 Å². The molecule has 2 amide bonds. The second kappa shape index (κ2) is 9.97. The molecule has 0 aromatic heterocycles. The molecule has 6 nitrogen and oxygen atoms in total. The summed E-state index contributed by atoms with van der Waals surface area (Å²) in [4.78, 5) is 34.0. The Morgan fingerprint density at radius 2 is 1.68 bits per heavy atom. The van der Waals surface area contributed by atoms with Crippen LogP contribution in [-0.4, -0.2) is 36.5 Å². The van der Waals surface area contributed by atoms with Crippen molar-refractivity contribution >= 4 is 17.8 Å². The van der Waals surface area contributed by atoms with Crippen molar-refractivity contribution in [2.75, 3.05) is 13.2 Å². The molecule has 6 heteroatoms. The number of ether oxygens (including phenoxy) is 1. The Balaban J connectivity index is 4.77. The number of carbonyl (C=O) groups excluding carboxylic acids is 3. The topological polar surface area (TPSA) is 84.5 Å². The molecule has 0 aliphatic carbocycles. The third-order valence-electron chi connectivity index (χ3n) is 3.31. The van der Waals surface area contributed by atoms with Crippen molar-refractivity contribution in [3.8, 4) is 0 Å². The van der Waals surface area contributed by atoms with Gasteiger partial charge in [-0.15, -0.1) is 0 Å². The highest BCUT2D eigenvalue weighted by atomic mass is 16.5.